The standard InChI is InChI=1S/C29H29F2N3O5S/c1-19-16-34(20(2)18-35)29(36)23-14-21(12-13-22-8-4-5-9-24(22)30)15-32-28(23)39-26(19)17-33(3)40(37,38)27-11-7-6-10-25(27)31/h4-11,14-15,19-20,26,35H,16-18H2,1-3H3/t19-,20+,26-/m0/s1. The monoisotopic (exact) mass is 569 g/mol. The zero-order valence-electron chi connectivity index (χ0n) is 22.2. The van der Waals surface area contributed by atoms with Crippen molar-refractivity contribution in [2.45, 2.75) is 30.9 Å². The molecule has 1 amide bonds. The van der Waals surface area contributed by atoms with Gasteiger partial charge in [-0.3, -0.25) is 4.79 Å². The van der Waals surface area contributed by atoms with Crippen LogP contribution in [-0.2, 0) is 10.0 Å². The third kappa shape index (κ3) is 6.14. The maximum Gasteiger partial charge on any atom is 0.259 e. The van der Waals surface area contributed by atoms with Crippen molar-refractivity contribution >= 4 is 15.9 Å². The molecule has 4 rings (SSSR count). The van der Waals surface area contributed by atoms with E-state index in [1.54, 1.807) is 26.0 Å². The van der Waals surface area contributed by atoms with Gasteiger partial charge in [-0.1, -0.05) is 43.0 Å². The number of carbonyl (C=O) groups excluding carboxylic acids is 1. The van der Waals surface area contributed by atoms with Gasteiger partial charge in [0.2, 0.25) is 15.9 Å². The number of rotatable bonds is 6. The summed E-state index contributed by atoms with van der Waals surface area (Å²) in [5, 5.41) is 9.84. The Hall–Kier alpha value is -3.85. The highest BCUT2D eigenvalue weighted by molar-refractivity contribution is 7.89. The average Bonchev–Trinajstić information content (AvgIpc) is 2.94. The van der Waals surface area contributed by atoms with E-state index < -0.39 is 50.5 Å². The number of likely N-dealkylation sites (N-methyl/N-ethyl adjacent to an activating group) is 1. The molecule has 8 nitrogen and oxygen atoms in total. The van der Waals surface area contributed by atoms with E-state index in [2.05, 4.69) is 16.8 Å². The maximum absolute atomic E-state index is 14.3. The minimum absolute atomic E-state index is 0.0372. The molecule has 1 N–H and O–H groups in total. The van der Waals surface area contributed by atoms with Crippen molar-refractivity contribution in [1.82, 2.24) is 14.2 Å². The Labute approximate surface area is 232 Å². The van der Waals surface area contributed by atoms with E-state index in [9.17, 15) is 27.1 Å². The van der Waals surface area contributed by atoms with Crippen LogP contribution in [0.3, 0.4) is 0 Å². The van der Waals surface area contributed by atoms with Gasteiger partial charge < -0.3 is 14.7 Å². The van der Waals surface area contributed by atoms with Crippen LogP contribution in [0.25, 0.3) is 0 Å². The Kier molecular flexibility index (Phi) is 8.83. The molecule has 0 fully saturated rings. The second-order valence-corrected chi connectivity index (χ2v) is 11.7. The third-order valence-electron chi connectivity index (χ3n) is 6.70. The van der Waals surface area contributed by atoms with Crippen molar-refractivity contribution in [1.29, 1.82) is 0 Å². The lowest BCUT2D eigenvalue weighted by atomic mass is 10.0. The summed E-state index contributed by atoms with van der Waals surface area (Å²) in [6.45, 7) is 3.15. The van der Waals surface area contributed by atoms with Crippen LogP contribution in [0.2, 0.25) is 0 Å². The Balaban J connectivity index is 1.70. The summed E-state index contributed by atoms with van der Waals surface area (Å²) in [6.07, 6.45) is 0.595. The van der Waals surface area contributed by atoms with Crippen molar-refractivity contribution in [3.8, 4) is 17.7 Å². The second kappa shape index (κ2) is 12.1. The normalized spacial score (nSPS) is 18.2. The highest BCUT2D eigenvalue weighted by atomic mass is 32.2. The summed E-state index contributed by atoms with van der Waals surface area (Å²) in [5.41, 5.74) is 0.581. The molecule has 2 heterocycles. The first-order chi connectivity index (χ1) is 19.0. The van der Waals surface area contributed by atoms with E-state index in [1.807, 2.05) is 0 Å². The molecule has 0 spiro atoms. The molecule has 3 atom stereocenters. The first-order valence-corrected chi connectivity index (χ1v) is 14.0. The van der Waals surface area contributed by atoms with Gasteiger partial charge in [-0.15, -0.1) is 0 Å². The Morgan fingerprint density at radius 3 is 2.50 bits per heavy atom. The van der Waals surface area contributed by atoms with E-state index in [4.69, 9.17) is 4.74 Å². The van der Waals surface area contributed by atoms with Crippen molar-refractivity contribution < 1.29 is 31.8 Å². The van der Waals surface area contributed by atoms with Gasteiger partial charge in [0.15, 0.2) is 0 Å². The number of nitrogens with zero attached hydrogens (tertiary/aromatic N) is 3. The summed E-state index contributed by atoms with van der Waals surface area (Å²) in [5.74, 6) is 3.30. The number of carbonyl (C=O) groups is 1. The largest absolute Gasteiger partial charge is 0.472 e. The number of halogens is 2. The number of fused-ring (bicyclic) bond motifs is 1. The third-order valence-corrected chi connectivity index (χ3v) is 8.55. The number of aliphatic hydroxyl groups excluding tert-OH is 1. The molecule has 0 aliphatic carbocycles. The molecule has 0 radical (unpaired) electrons. The predicted octanol–water partition coefficient (Wildman–Crippen LogP) is 3.30. The van der Waals surface area contributed by atoms with E-state index in [-0.39, 0.29) is 36.7 Å². The fraction of sp³-hybridized carbons (Fsp3) is 0.310. The Morgan fingerprint density at radius 1 is 1.15 bits per heavy atom. The van der Waals surface area contributed by atoms with Crippen LogP contribution in [0.5, 0.6) is 5.88 Å². The molecule has 0 saturated carbocycles. The zero-order valence-corrected chi connectivity index (χ0v) is 23.0. The van der Waals surface area contributed by atoms with Gasteiger partial charge in [0.25, 0.3) is 5.91 Å². The first-order valence-electron chi connectivity index (χ1n) is 12.6. The lowest BCUT2D eigenvalue weighted by molar-refractivity contribution is 0.0373. The lowest BCUT2D eigenvalue weighted by Gasteiger charge is -2.37. The van der Waals surface area contributed by atoms with E-state index in [0.717, 1.165) is 10.4 Å². The highest BCUT2D eigenvalue weighted by Gasteiger charge is 2.36. The molecule has 3 aromatic rings. The highest BCUT2D eigenvalue weighted by Crippen LogP contribution is 2.28. The van der Waals surface area contributed by atoms with Crippen LogP contribution < -0.4 is 4.74 Å². The summed E-state index contributed by atoms with van der Waals surface area (Å²) in [7, 11) is -2.87. The topological polar surface area (TPSA) is 100 Å². The molecule has 1 aliphatic heterocycles. The summed E-state index contributed by atoms with van der Waals surface area (Å²) < 4.78 is 61.7. The van der Waals surface area contributed by atoms with E-state index in [1.165, 1.54) is 54.5 Å². The summed E-state index contributed by atoms with van der Waals surface area (Å²) in [6, 6.07) is 12.0. The van der Waals surface area contributed by atoms with Gasteiger partial charge in [-0.2, -0.15) is 4.31 Å². The van der Waals surface area contributed by atoms with Gasteiger partial charge in [0, 0.05) is 31.3 Å². The Bertz CT molecular complexity index is 1570. The number of pyridine rings is 1. The molecule has 0 saturated heterocycles. The number of amides is 1. The fourth-order valence-corrected chi connectivity index (χ4v) is 5.51. The number of sulfonamides is 1. The number of hydrogen-bond acceptors (Lipinski definition) is 6. The molecule has 1 aliphatic rings. The van der Waals surface area contributed by atoms with Gasteiger partial charge in [0.1, 0.15) is 28.2 Å². The zero-order chi connectivity index (χ0) is 29.0. The van der Waals surface area contributed by atoms with E-state index in [0.29, 0.717) is 5.56 Å². The SMILES string of the molecule is C[C@H](CO)N1C[C@H](C)[C@H](CN(C)S(=O)(=O)c2ccccc2F)Oc2ncc(C#Cc3ccccc3F)cc2C1=O. The maximum atomic E-state index is 14.3. The van der Waals surface area contributed by atoms with Gasteiger partial charge in [-0.05, 0) is 37.3 Å². The van der Waals surface area contributed by atoms with Crippen molar-refractivity contribution in [2.24, 2.45) is 5.92 Å². The predicted molar refractivity (Wildman–Crippen MR) is 144 cm³/mol. The minimum Gasteiger partial charge on any atom is -0.472 e. The van der Waals surface area contributed by atoms with Gasteiger partial charge in [0.05, 0.1) is 24.8 Å². The van der Waals surface area contributed by atoms with Crippen molar-refractivity contribution in [3.63, 3.8) is 0 Å². The molecule has 11 heteroatoms. The molecule has 2 aromatic carbocycles. The molecular weight excluding hydrogens is 540 g/mol. The molecular formula is C29H29F2N3O5S. The van der Waals surface area contributed by atoms with Gasteiger partial charge >= 0.3 is 0 Å². The first kappa shape index (κ1) is 29.1. The molecule has 210 valence electrons. The summed E-state index contributed by atoms with van der Waals surface area (Å²) >= 11 is 0. The molecule has 0 bridgehead atoms. The number of ether oxygens (including phenoxy) is 1. The molecule has 1 aromatic heterocycles. The van der Waals surface area contributed by atoms with Crippen LogP contribution in [0.15, 0.2) is 65.7 Å². The number of hydrogen-bond donors (Lipinski definition) is 1. The number of aromatic nitrogens is 1. The van der Waals surface area contributed by atoms with Crippen molar-refractivity contribution in [2.75, 3.05) is 26.7 Å². The van der Waals surface area contributed by atoms with Gasteiger partial charge in [-0.25, -0.2) is 22.2 Å². The Morgan fingerprint density at radius 2 is 1.82 bits per heavy atom. The molecule has 0 unspecified atom stereocenters. The van der Waals surface area contributed by atoms with E-state index >= 15 is 0 Å². The average molecular weight is 570 g/mol. The van der Waals surface area contributed by atoms with Crippen LogP contribution in [0.1, 0.15) is 35.3 Å². The minimum atomic E-state index is -4.19. The number of aliphatic hydroxyl groups is 1. The summed E-state index contributed by atoms with van der Waals surface area (Å²) in [4.78, 5) is 18.9. The second-order valence-electron chi connectivity index (χ2n) is 9.65. The van der Waals surface area contributed by atoms with Crippen LogP contribution in [0, 0.1) is 29.4 Å². The van der Waals surface area contributed by atoms with Crippen LogP contribution in [0.4, 0.5) is 8.78 Å². The van der Waals surface area contributed by atoms with Crippen LogP contribution in [-0.4, -0.2) is 72.5 Å². The molecule has 40 heavy (non-hydrogen) atoms. The smallest absolute Gasteiger partial charge is 0.259 e. The number of benzene rings is 2. The lowest BCUT2D eigenvalue weighted by Crippen LogP contribution is -2.50. The van der Waals surface area contributed by atoms with Crippen LogP contribution >= 0.6 is 0 Å². The quantitative estimate of drug-likeness (QED) is 0.458. The van der Waals surface area contributed by atoms with Crippen molar-refractivity contribution in [3.05, 3.63) is 89.1 Å². The fourth-order valence-electron chi connectivity index (χ4n) is 4.26.